The summed E-state index contributed by atoms with van der Waals surface area (Å²) in [7, 11) is -2.31. The molecule has 0 spiro atoms. The minimum Gasteiger partial charge on any atom is -0.274 e. The highest BCUT2D eigenvalue weighted by Gasteiger charge is 2.33. The molecule has 0 saturated heterocycles. The molecule has 0 aliphatic heterocycles. The summed E-state index contributed by atoms with van der Waals surface area (Å²) in [6.45, 7) is 3.35. The molecule has 0 atom stereocenters. The predicted octanol–water partition coefficient (Wildman–Crippen LogP) is 1.20. The minimum absolute atomic E-state index is 0.0396. The fraction of sp³-hybridized carbons (Fsp3) is 0.286. The summed E-state index contributed by atoms with van der Waals surface area (Å²) in [5.74, 6) is -0.586. The number of rotatable bonds is 4. The van der Waals surface area contributed by atoms with E-state index in [1.807, 2.05) is 6.07 Å². The van der Waals surface area contributed by atoms with Crippen LogP contribution in [0.15, 0.2) is 47.6 Å². The monoisotopic (exact) mass is 307 g/mol. The van der Waals surface area contributed by atoms with Crippen LogP contribution in [0.1, 0.15) is 19.4 Å². The van der Waals surface area contributed by atoms with Gasteiger partial charge in [0.1, 0.15) is 4.90 Å². The zero-order valence-electron chi connectivity index (χ0n) is 12.1. The van der Waals surface area contributed by atoms with Crippen molar-refractivity contribution in [1.29, 1.82) is 0 Å². The lowest BCUT2D eigenvalue weighted by Crippen LogP contribution is -2.42. The van der Waals surface area contributed by atoms with Crippen molar-refractivity contribution in [2.75, 3.05) is 0 Å². The molecule has 1 aromatic heterocycles. The van der Waals surface area contributed by atoms with Gasteiger partial charge in [-0.3, -0.25) is 9.48 Å². The van der Waals surface area contributed by atoms with Gasteiger partial charge in [-0.15, -0.1) is 0 Å². The highest BCUT2D eigenvalue weighted by Crippen LogP contribution is 2.23. The van der Waals surface area contributed by atoms with E-state index in [4.69, 9.17) is 0 Å². The first-order valence-electron chi connectivity index (χ1n) is 6.35. The van der Waals surface area contributed by atoms with Crippen LogP contribution in [-0.4, -0.2) is 24.1 Å². The van der Waals surface area contributed by atoms with E-state index in [1.54, 1.807) is 45.2 Å². The number of nitrogens with zero attached hydrogens (tertiary/aromatic N) is 2. The number of hydrogen-bond donors (Lipinski definition) is 1. The summed E-state index contributed by atoms with van der Waals surface area (Å²) in [6, 6.07) is 9.02. The molecule has 0 bridgehead atoms. The van der Waals surface area contributed by atoms with E-state index in [1.165, 1.54) is 17.1 Å². The normalized spacial score (nSPS) is 12.1. The molecule has 21 heavy (non-hydrogen) atoms. The third kappa shape index (κ3) is 3.13. The average molecular weight is 307 g/mol. The summed E-state index contributed by atoms with van der Waals surface area (Å²) in [4.78, 5) is 12.3. The number of hydrogen-bond acceptors (Lipinski definition) is 4. The van der Waals surface area contributed by atoms with Gasteiger partial charge in [-0.2, -0.15) is 5.10 Å². The van der Waals surface area contributed by atoms with Gasteiger partial charge in [0.25, 0.3) is 10.0 Å². The number of benzene rings is 1. The van der Waals surface area contributed by atoms with Crippen molar-refractivity contribution >= 4 is 15.9 Å². The predicted molar refractivity (Wildman–Crippen MR) is 78.0 cm³/mol. The van der Waals surface area contributed by atoms with E-state index >= 15 is 0 Å². The van der Waals surface area contributed by atoms with Crippen molar-refractivity contribution in [3.8, 4) is 0 Å². The zero-order valence-corrected chi connectivity index (χ0v) is 12.9. The maximum Gasteiger partial charge on any atom is 0.267 e. The lowest BCUT2D eigenvalue weighted by Gasteiger charge is -2.23. The first-order valence-corrected chi connectivity index (χ1v) is 7.83. The van der Waals surface area contributed by atoms with Crippen molar-refractivity contribution in [3.63, 3.8) is 0 Å². The molecular formula is C14H17N3O3S. The summed E-state index contributed by atoms with van der Waals surface area (Å²) < 4.78 is 27.8. The maximum absolute atomic E-state index is 12.3. The Bertz CT molecular complexity index is 749. The summed E-state index contributed by atoms with van der Waals surface area (Å²) in [5, 5.41) is 3.80. The van der Waals surface area contributed by atoms with Crippen molar-refractivity contribution < 1.29 is 13.2 Å². The number of sulfonamides is 1. The molecule has 1 heterocycles. The molecule has 0 aliphatic carbocycles. The molecule has 0 unspecified atom stereocenters. The molecule has 0 aliphatic rings. The molecule has 0 radical (unpaired) electrons. The molecule has 1 amide bonds. The molecular weight excluding hydrogens is 290 g/mol. The standard InChI is InChI=1S/C14H17N3O3S/c1-14(2,11-7-5-4-6-8-11)13(18)16-21(19,20)12-9-15-17(3)10-12/h4-10H,1-3H3,(H,16,18). The van der Waals surface area contributed by atoms with E-state index in [0.717, 1.165) is 5.56 Å². The molecule has 0 saturated carbocycles. The topological polar surface area (TPSA) is 81.1 Å². The fourth-order valence-electron chi connectivity index (χ4n) is 1.83. The number of nitrogens with one attached hydrogen (secondary N) is 1. The zero-order chi connectivity index (χ0) is 15.7. The third-order valence-electron chi connectivity index (χ3n) is 3.28. The van der Waals surface area contributed by atoms with E-state index in [-0.39, 0.29) is 4.90 Å². The van der Waals surface area contributed by atoms with Gasteiger partial charge in [0.15, 0.2) is 0 Å². The van der Waals surface area contributed by atoms with Crippen molar-refractivity contribution in [2.45, 2.75) is 24.2 Å². The first kappa shape index (κ1) is 15.2. The minimum atomic E-state index is -3.91. The summed E-state index contributed by atoms with van der Waals surface area (Å²) in [6.07, 6.45) is 2.54. The number of aromatic nitrogens is 2. The van der Waals surface area contributed by atoms with Gasteiger partial charge in [0.2, 0.25) is 5.91 Å². The van der Waals surface area contributed by atoms with Gasteiger partial charge in [-0.1, -0.05) is 30.3 Å². The molecule has 7 heteroatoms. The number of aryl methyl sites for hydroxylation is 1. The average Bonchev–Trinajstić information content (AvgIpc) is 2.87. The van der Waals surface area contributed by atoms with Gasteiger partial charge in [-0.05, 0) is 19.4 Å². The quantitative estimate of drug-likeness (QED) is 0.920. The maximum atomic E-state index is 12.3. The third-order valence-corrected chi connectivity index (χ3v) is 4.57. The molecule has 0 fully saturated rings. The van der Waals surface area contributed by atoms with Gasteiger partial charge in [-0.25, -0.2) is 13.1 Å². The lowest BCUT2D eigenvalue weighted by atomic mass is 9.84. The van der Waals surface area contributed by atoms with Gasteiger partial charge in [0.05, 0.1) is 11.6 Å². The highest BCUT2D eigenvalue weighted by molar-refractivity contribution is 7.90. The Kier molecular flexibility index (Phi) is 3.87. The summed E-state index contributed by atoms with van der Waals surface area (Å²) in [5.41, 5.74) is -0.222. The molecule has 6 nitrogen and oxygen atoms in total. The Labute approximate surface area is 123 Å². The van der Waals surface area contributed by atoms with Crippen LogP contribution < -0.4 is 4.72 Å². The second kappa shape index (κ2) is 5.33. The largest absolute Gasteiger partial charge is 0.274 e. The second-order valence-corrected chi connectivity index (χ2v) is 6.96. The molecule has 2 rings (SSSR count). The second-order valence-electron chi connectivity index (χ2n) is 5.28. The Morgan fingerprint density at radius 1 is 1.24 bits per heavy atom. The van der Waals surface area contributed by atoms with E-state index < -0.39 is 21.3 Å². The molecule has 1 N–H and O–H groups in total. The van der Waals surface area contributed by atoms with Crippen LogP contribution >= 0.6 is 0 Å². The van der Waals surface area contributed by atoms with E-state index in [9.17, 15) is 13.2 Å². The SMILES string of the molecule is Cn1cc(S(=O)(=O)NC(=O)C(C)(C)c2ccccc2)cn1. The van der Waals surface area contributed by atoms with Crippen molar-refractivity contribution in [3.05, 3.63) is 48.3 Å². The van der Waals surface area contributed by atoms with Gasteiger partial charge < -0.3 is 0 Å². The first-order chi connectivity index (χ1) is 9.73. The number of amides is 1. The Morgan fingerprint density at radius 3 is 2.38 bits per heavy atom. The summed E-state index contributed by atoms with van der Waals surface area (Å²) >= 11 is 0. The smallest absolute Gasteiger partial charge is 0.267 e. The van der Waals surface area contributed by atoms with Crippen LogP contribution in [0.4, 0.5) is 0 Å². The van der Waals surface area contributed by atoms with Crippen LogP contribution in [-0.2, 0) is 27.3 Å². The molecule has 112 valence electrons. The number of carbonyl (C=O) groups excluding carboxylic acids is 1. The Morgan fingerprint density at radius 2 is 1.86 bits per heavy atom. The van der Waals surface area contributed by atoms with E-state index in [2.05, 4.69) is 9.82 Å². The number of carbonyl (C=O) groups is 1. The lowest BCUT2D eigenvalue weighted by molar-refractivity contribution is -0.123. The van der Waals surface area contributed by atoms with Gasteiger partial charge in [0, 0.05) is 13.2 Å². The Hall–Kier alpha value is -2.15. The van der Waals surface area contributed by atoms with Gasteiger partial charge >= 0.3 is 0 Å². The van der Waals surface area contributed by atoms with Crippen molar-refractivity contribution in [2.24, 2.45) is 7.05 Å². The van der Waals surface area contributed by atoms with Crippen molar-refractivity contribution in [1.82, 2.24) is 14.5 Å². The highest BCUT2D eigenvalue weighted by atomic mass is 32.2. The van der Waals surface area contributed by atoms with Crippen LogP contribution in [0.5, 0.6) is 0 Å². The van der Waals surface area contributed by atoms with Crippen LogP contribution in [0, 0.1) is 0 Å². The van der Waals surface area contributed by atoms with Crippen LogP contribution in [0.2, 0.25) is 0 Å². The Balaban J connectivity index is 2.25. The molecule has 1 aromatic carbocycles. The van der Waals surface area contributed by atoms with Crippen LogP contribution in [0.3, 0.4) is 0 Å². The van der Waals surface area contributed by atoms with Crippen LogP contribution in [0.25, 0.3) is 0 Å². The van der Waals surface area contributed by atoms with E-state index in [0.29, 0.717) is 0 Å². The fourth-order valence-corrected chi connectivity index (χ4v) is 2.93. The molecule has 2 aromatic rings.